The van der Waals surface area contributed by atoms with Gasteiger partial charge in [0, 0.05) is 12.3 Å². The fourth-order valence-electron chi connectivity index (χ4n) is 1.46. The molecule has 0 atom stereocenters. The molecule has 1 N–H and O–H groups in total. The summed E-state index contributed by atoms with van der Waals surface area (Å²) in [4.78, 5) is 26.7. The standard InChI is InChI=1S/C11H10N2O3S/c1-7-10(11(15)16)17-8(12-7)6-13-5-3-2-4-9(13)14/h2-5H,6H2,1H3,(H,15,16). The van der Waals surface area contributed by atoms with E-state index in [2.05, 4.69) is 4.98 Å². The number of carboxylic acids is 1. The van der Waals surface area contributed by atoms with Crippen LogP contribution in [-0.2, 0) is 6.54 Å². The van der Waals surface area contributed by atoms with Crippen molar-refractivity contribution >= 4 is 17.3 Å². The van der Waals surface area contributed by atoms with Crippen molar-refractivity contribution in [2.45, 2.75) is 13.5 Å². The van der Waals surface area contributed by atoms with Gasteiger partial charge in [-0.2, -0.15) is 0 Å². The normalized spacial score (nSPS) is 10.4. The third-order valence-corrected chi connectivity index (χ3v) is 3.37. The predicted molar refractivity (Wildman–Crippen MR) is 63.6 cm³/mol. The molecule has 0 saturated carbocycles. The molecule has 2 rings (SSSR count). The lowest BCUT2D eigenvalue weighted by molar-refractivity contribution is 0.0701. The lowest BCUT2D eigenvalue weighted by Crippen LogP contribution is -2.18. The minimum absolute atomic E-state index is 0.128. The number of pyridine rings is 1. The van der Waals surface area contributed by atoms with E-state index < -0.39 is 5.97 Å². The maximum atomic E-state index is 11.5. The van der Waals surface area contributed by atoms with Gasteiger partial charge in [-0.15, -0.1) is 11.3 Å². The summed E-state index contributed by atoms with van der Waals surface area (Å²) >= 11 is 1.10. The molecule has 0 aromatic carbocycles. The molecule has 88 valence electrons. The summed E-state index contributed by atoms with van der Waals surface area (Å²) in [6, 6.07) is 4.87. The summed E-state index contributed by atoms with van der Waals surface area (Å²) in [6.45, 7) is 1.95. The van der Waals surface area contributed by atoms with E-state index in [1.54, 1.807) is 25.3 Å². The Hall–Kier alpha value is -1.95. The number of nitrogens with zero attached hydrogens (tertiary/aromatic N) is 2. The highest BCUT2D eigenvalue weighted by atomic mass is 32.1. The molecule has 5 nitrogen and oxygen atoms in total. The molecule has 0 aliphatic rings. The molecule has 0 aliphatic carbocycles. The van der Waals surface area contributed by atoms with E-state index in [1.807, 2.05) is 0 Å². The van der Waals surface area contributed by atoms with E-state index in [0.717, 1.165) is 11.3 Å². The second-order valence-electron chi connectivity index (χ2n) is 3.49. The molecule has 0 aliphatic heterocycles. The van der Waals surface area contributed by atoms with E-state index in [9.17, 15) is 9.59 Å². The number of thiazole rings is 1. The van der Waals surface area contributed by atoms with Gasteiger partial charge < -0.3 is 9.67 Å². The lowest BCUT2D eigenvalue weighted by atomic mass is 10.4. The predicted octanol–water partition coefficient (Wildman–Crippen LogP) is 1.36. The lowest BCUT2D eigenvalue weighted by Gasteiger charge is -2.00. The summed E-state index contributed by atoms with van der Waals surface area (Å²) in [7, 11) is 0. The van der Waals surface area contributed by atoms with E-state index in [-0.39, 0.29) is 10.4 Å². The zero-order chi connectivity index (χ0) is 12.4. The highest BCUT2D eigenvalue weighted by Crippen LogP contribution is 2.18. The van der Waals surface area contributed by atoms with Crippen LogP contribution in [0.3, 0.4) is 0 Å². The minimum atomic E-state index is -0.980. The Labute approximate surface area is 101 Å². The fourth-order valence-corrected chi connectivity index (χ4v) is 2.36. The zero-order valence-corrected chi connectivity index (χ0v) is 9.90. The van der Waals surface area contributed by atoms with Crippen molar-refractivity contribution < 1.29 is 9.90 Å². The number of hydrogen-bond donors (Lipinski definition) is 1. The Balaban J connectivity index is 2.32. The Kier molecular flexibility index (Phi) is 3.06. The van der Waals surface area contributed by atoms with Crippen LogP contribution in [0, 0.1) is 6.92 Å². The number of aromatic nitrogens is 2. The van der Waals surface area contributed by atoms with Crippen molar-refractivity contribution in [3.63, 3.8) is 0 Å². The van der Waals surface area contributed by atoms with Gasteiger partial charge in [0.1, 0.15) is 9.88 Å². The van der Waals surface area contributed by atoms with Gasteiger partial charge in [0.25, 0.3) is 5.56 Å². The average molecular weight is 250 g/mol. The van der Waals surface area contributed by atoms with Crippen LogP contribution in [0.4, 0.5) is 0 Å². The zero-order valence-electron chi connectivity index (χ0n) is 9.08. The van der Waals surface area contributed by atoms with E-state index in [4.69, 9.17) is 5.11 Å². The second kappa shape index (κ2) is 4.50. The Morgan fingerprint density at radius 3 is 2.88 bits per heavy atom. The Morgan fingerprint density at radius 2 is 2.29 bits per heavy atom. The molecule has 2 aromatic heterocycles. The highest BCUT2D eigenvalue weighted by molar-refractivity contribution is 7.13. The quantitative estimate of drug-likeness (QED) is 0.892. The number of rotatable bonds is 3. The van der Waals surface area contributed by atoms with Gasteiger partial charge in [-0.1, -0.05) is 6.07 Å². The van der Waals surface area contributed by atoms with Crippen LogP contribution < -0.4 is 5.56 Å². The topological polar surface area (TPSA) is 72.2 Å². The number of hydrogen-bond acceptors (Lipinski definition) is 4. The number of aromatic carboxylic acids is 1. The van der Waals surface area contributed by atoms with Crippen LogP contribution in [-0.4, -0.2) is 20.6 Å². The minimum Gasteiger partial charge on any atom is -0.477 e. The molecular weight excluding hydrogens is 240 g/mol. The van der Waals surface area contributed by atoms with Crippen LogP contribution >= 0.6 is 11.3 Å². The SMILES string of the molecule is Cc1nc(Cn2ccccc2=O)sc1C(=O)O. The van der Waals surface area contributed by atoms with E-state index >= 15 is 0 Å². The van der Waals surface area contributed by atoms with Gasteiger partial charge in [-0.3, -0.25) is 4.79 Å². The van der Waals surface area contributed by atoms with Crippen molar-refractivity contribution in [1.29, 1.82) is 0 Å². The molecule has 0 bridgehead atoms. The third kappa shape index (κ3) is 2.42. The number of carbonyl (C=O) groups is 1. The number of carboxylic acid groups (broad SMARTS) is 1. The van der Waals surface area contributed by atoms with Crippen LogP contribution in [0.25, 0.3) is 0 Å². The van der Waals surface area contributed by atoms with Crippen molar-refractivity contribution in [1.82, 2.24) is 9.55 Å². The van der Waals surface area contributed by atoms with Crippen molar-refractivity contribution in [2.75, 3.05) is 0 Å². The van der Waals surface area contributed by atoms with Gasteiger partial charge in [0.05, 0.1) is 12.2 Å². The Bertz CT molecular complexity index is 615. The first-order valence-electron chi connectivity index (χ1n) is 4.93. The summed E-state index contributed by atoms with van der Waals surface area (Å²) in [5, 5.41) is 9.52. The third-order valence-electron chi connectivity index (χ3n) is 2.24. The van der Waals surface area contributed by atoms with Gasteiger partial charge in [0.15, 0.2) is 0 Å². The molecule has 0 fully saturated rings. The van der Waals surface area contributed by atoms with Crippen molar-refractivity contribution in [2.24, 2.45) is 0 Å². The molecule has 2 aromatic rings. The summed E-state index contributed by atoms with van der Waals surface area (Å²) < 4.78 is 1.49. The van der Waals surface area contributed by atoms with E-state index in [1.165, 1.54) is 10.6 Å². The molecule has 2 heterocycles. The molecule has 0 spiro atoms. The van der Waals surface area contributed by atoms with Crippen LogP contribution in [0.5, 0.6) is 0 Å². The summed E-state index contributed by atoms with van der Waals surface area (Å²) in [5.74, 6) is -0.980. The summed E-state index contributed by atoms with van der Waals surface area (Å²) in [6.07, 6.45) is 1.65. The van der Waals surface area contributed by atoms with Gasteiger partial charge in [-0.05, 0) is 13.0 Å². The van der Waals surface area contributed by atoms with E-state index in [0.29, 0.717) is 17.2 Å². The maximum absolute atomic E-state index is 11.5. The number of aryl methyl sites for hydroxylation is 1. The van der Waals surface area contributed by atoms with Crippen LogP contribution in [0.2, 0.25) is 0 Å². The first kappa shape index (κ1) is 11.5. The molecule has 0 radical (unpaired) electrons. The smallest absolute Gasteiger partial charge is 0.347 e. The molecule has 0 amide bonds. The first-order valence-corrected chi connectivity index (χ1v) is 5.74. The first-order chi connectivity index (χ1) is 8.08. The molecule has 0 saturated heterocycles. The van der Waals surface area contributed by atoms with Crippen molar-refractivity contribution in [3.05, 3.63) is 50.3 Å². The monoisotopic (exact) mass is 250 g/mol. The molecule has 6 heteroatoms. The highest BCUT2D eigenvalue weighted by Gasteiger charge is 2.14. The van der Waals surface area contributed by atoms with Crippen LogP contribution in [0.1, 0.15) is 20.4 Å². The van der Waals surface area contributed by atoms with Crippen LogP contribution in [0.15, 0.2) is 29.2 Å². The van der Waals surface area contributed by atoms with Gasteiger partial charge >= 0.3 is 5.97 Å². The van der Waals surface area contributed by atoms with Gasteiger partial charge in [-0.25, -0.2) is 9.78 Å². The van der Waals surface area contributed by atoms with Gasteiger partial charge in [0.2, 0.25) is 0 Å². The largest absolute Gasteiger partial charge is 0.477 e. The maximum Gasteiger partial charge on any atom is 0.347 e. The average Bonchev–Trinajstić information content (AvgIpc) is 2.63. The summed E-state index contributed by atoms with van der Waals surface area (Å²) in [5.41, 5.74) is 0.360. The molecular formula is C11H10N2O3S. The van der Waals surface area contributed by atoms with Crippen molar-refractivity contribution in [3.8, 4) is 0 Å². The fraction of sp³-hybridized carbons (Fsp3) is 0.182. The molecule has 0 unspecified atom stereocenters. The second-order valence-corrected chi connectivity index (χ2v) is 4.58. The molecule has 17 heavy (non-hydrogen) atoms. The Morgan fingerprint density at radius 1 is 1.53 bits per heavy atom.